The zero-order chi connectivity index (χ0) is 21.4. The molecule has 8 heteroatoms. The Bertz CT molecular complexity index is 1240. The van der Waals surface area contributed by atoms with Gasteiger partial charge in [0.25, 0.3) is 0 Å². The first-order valence-corrected chi connectivity index (χ1v) is 10.6. The molecule has 0 spiro atoms. The largest absolute Gasteiger partial charge is 0.363 e. The van der Waals surface area contributed by atoms with Crippen molar-refractivity contribution in [1.82, 2.24) is 24.5 Å². The van der Waals surface area contributed by atoms with Crippen molar-refractivity contribution in [1.29, 1.82) is 0 Å². The van der Waals surface area contributed by atoms with Crippen molar-refractivity contribution in [3.05, 3.63) is 60.4 Å². The smallest absolute Gasteiger partial charge is 0.219 e. The second-order valence-electron chi connectivity index (χ2n) is 7.88. The summed E-state index contributed by atoms with van der Waals surface area (Å²) in [6.45, 7) is 6.72. The minimum atomic E-state index is -0.00672. The number of rotatable bonds is 4. The number of carbonyl (C=O) groups excluding carboxylic acids is 1. The van der Waals surface area contributed by atoms with Gasteiger partial charge in [-0.25, -0.2) is 9.97 Å². The summed E-state index contributed by atoms with van der Waals surface area (Å²) in [6.07, 6.45) is 3.53. The Labute approximate surface area is 180 Å². The molecular formula is C23H25N7O. The highest BCUT2D eigenvalue weighted by molar-refractivity contribution is 5.82. The molecular weight excluding hydrogens is 390 g/mol. The summed E-state index contributed by atoms with van der Waals surface area (Å²) in [6, 6.07) is 14.2. The van der Waals surface area contributed by atoms with Crippen LogP contribution in [0, 0.1) is 0 Å². The van der Waals surface area contributed by atoms with Gasteiger partial charge in [-0.3, -0.25) is 4.79 Å². The third-order valence-electron chi connectivity index (χ3n) is 5.88. The second kappa shape index (κ2) is 7.86. The van der Waals surface area contributed by atoms with Crippen molar-refractivity contribution < 1.29 is 4.79 Å². The third kappa shape index (κ3) is 3.65. The van der Waals surface area contributed by atoms with Crippen LogP contribution < -0.4 is 10.2 Å². The van der Waals surface area contributed by atoms with Crippen molar-refractivity contribution in [3.63, 3.8) is 0 Å². The number of anilines is 2. The van der Waals surface area contributed by atoms with Crippen LogP contribution in [-0.4, -0.2) is 56.6 Å². The highest BCUT2D eigenvalue weighted by atomic mass is 16.2. The lowest BCUT2D eigenvalue weighted by molar-refractivity contribution is -0.129. The van der Waals surface area contributed by atoms with Crippen molar-refractivity contribution in [3.8, 4) is 0 Å². The topological polar surface area (TPSA) is 78.7 Å². The predicted molar refractivity (Wildman–Crippen MR) is 121 cm³/mol. The Kier molecular flexibility index (Phi) is 4.89. The fraction of sp³-hybridized carbons (Fsp3) is 0.304. The molecule has 1 aliphatic heterocycles. The zero-order valence-electron chi connectivity index (χ0n) is 17.7. The van der Waals surface area contributed by atoms with Crippen molar-refractivity contribution in [2.45, 2.75) is 19.9 Å². The summed E-state index contributed by atoms with van der Waals surface area (Å²) in [7, 11) is 0. The summed E-state index contributed by atoms with van der Waals surface area (Å²) in [5.41, 5.74) is 2.89. The first-order chi connectivity index (χ1) is 15.1. The van der Waals surface area contributed by atoms with Crippen molar-refractivity contribution in [2.24, 2.45) is 0 Å². The maximum atomic E-state index is 11.7. The van der Waals surface area contributed by atoms with E-state index in [1.165, 1.54) is 0 Å². The van der Waals surface area contributed by atoms with Crippen molar-refractivity contribution in [2.75, 3.05) is 36.4 Å². The Morgan fingerprint density at radius 1 is 1.06 bits per heavy atom. The van der Waals surface area contributed by atoms with Crippen LogP contribution in [0.25, 0.3) is 16.6 Å². The number of nitrogens with zero attached hydrogens (tertiary/aromatic N) is 6. The second-order valence-corrected chi connectivity index (χ2v) is 7.88. The van der Waals surface area contributed by atoms with Crippen molar-refractivity contribution >= 4 is 34.1 Å². The summed E-state index contributed by atoms with van der Waals surface area (Å²) >= 11 is 0. The van der Waals surface area contributed by atoms with Gasteiger partial charge in [0.2, 0.25) is 5.91 Å². The van der Waals surface area contributed by atoms with Crippen LogP contribution in [0.15, 0.2) is 54.9 Å². The van der Waals surface area contributed by atoms with Crippen LogP contribution in [0.4, 0.5) is 11.6 Å². The number of aromatic nitrogens is 4. The Morgan fingerprint density at radius 2 is 1.87 bits per heavy atom. The lowest BCUT2D eigenvalue weighted by Gasteiger charge is -2.36. The molecule has 3 aromatic heterocycles. The van der Waals surface area contributed by atoms with E-state index in [9.17, 15) is 4.79 Å². The summed E-state index contributed by atoms with van der Waals surface area (Å²) in [5.74, 6) is 1.97. The normalized spacial score (nSPS) is 15.4. The van der Waals surface area contributed by atoms with E-state index >= 15 is 0 Å². The van der Waals surface area contributed by atoms with Crippen LogP contribution in [0.2, 0.25) is 0 Å². The SMILES string of the molecule is CC(=O)N1CCN(c2nc3ccccc3cc2[C@H](C)Nc2ccnc3ccnn23)CC1. The summed E-state index contributed by atoms with van der Waals surface area (Å²) < 4.78 is 1.80. The molecule has 0 bridgehead atoms. The number of pyridine rings is 1. The van der Waals surface area contributed by atoms with Gasteiger partial charge in [-0.15, -0.1) is 0 Å². The van der Waals surface area contributed by atoms with Crippen LogP contribution in [0.5, 0.6) is 0 Å². The van der Waals surface area contributed by atoms with Gasteiger partial charge in [0.1, 0.15) is 11.6 Å². The number of para-hydroxylation sites is 1. The number of carbonyl (C=O) groups is 1. The molecule has 4 aromatic rings. The van der Waals surface area contributed by atoms with Gasteiger partial charge >= 0.3 is 0 Å². The lowest BCUT2D eigenvalue weighted by atomic mass is 10.0. The van der Waals surface area contributed by atoms with E-state index < -0.39 is 0 Å². The Hall–Kier alpha value is -3.68. The molecule has 5 rings (SSSR count). The third-order valence-corrected chi connectivity index (χ3v) is 5.88. The minimum absolute atomic E-state index is 0.00672. The van der Waals surface area contributed by atoms with E-state index in [1.807, 2.05) is 35.2 Å². The fourth-order valence-electron chi connectivity index (χ4n) is 4.17. The molecule has 1 N–H and O–H groups in total. The number of fused-ring (bicyclic) bond motifs is 2. The van der Waals surface area contributed by atoms with Crippen LogP contribution in [-0.2, 0) is 4.79 Å². The predicted octanol–water partition coefficient (Wildman–Crippen LogP) is 3.12. The number of nitrogens with one attached hydrogen (secondary N) is 1. The number of amides is 1. The molecule has 1 saturated heterocycles. The van der Waals surface area contributed by atoms with E-state index in [0.29, 0.717) is 13.1 Å². The monoisotopic (exact) mass is 415 g/mol. The molecule has 1 amide bonds. The van der Waals surface area contributed by atoms with Gasteiger partial charge < -0.3 is 15.1 Å². The number of hydrogen-bond acceptors (Lipinski definition) is 6. The Balaban J connectivity index is 1.51. The molecule has 4 heterocycles. The minimum Gasteiger partial charge on any atom is -0.363 e. The van der Waals surface area contributed by atoms with E-state index in [0.717, 1.165) is 46.8 Å². The molecule has 1 fully saturated rings. The van der Waals surface area contributed by atoms with Gasteiger partial charge in [0, 0.05) is 56.3 Å². The van der Waals surface area contributed by atoms with Crippen LogP contribution in [0.3, 0.4) is 0 Å². The van der Waals surface area contributed by atoms with E-state index in [-0.39, 0.29) is 11.9 Å². The molecule has 31 heavy (non-hydrogen) atoms. The zero-order valence-corrected chi connectivity index (χ0v) is 17.7. The number of benzene rings is 1. The van der Waals surface area contributed by atoms with Gasteiger partial charge in [0.15, 0.2) is 5.65 Å². The first kappa shape index (κ1) is 19.3. The average molecular weight is 416 g/mol. The maximum Gasteiger partial charge on any atom is 0.219 e. The number of hydrogen-bond donors (Lipinski definition) is 1. The van der Waals surface area contributed by atoms with E-state index in [2.05, 4.69) is 39.4 Å². The molecule has 0 radical (unpaired) electrons. The molecule has 158 valence electrons. The van der Waals surface area contributed by atoms with Gasteiger partial charge in [-0.05, 0) is 25.1 Å². The lowest BCUT2D eigenvalue weighted by Crippen LogP contribution is -2.48. The highest BCUT2D eigenvalue weighted by Crippen LogP contribution is 2.31. The Morgan fingerprint density at radius 3 is 2.68 bits per heavy atom. The first-order valence-electron chi connectivity index (χ1n) is 10.6. The molecule has 1 atom stereocenters. The quantitative estimate of drug-likeness (QED) is 0.552. The standard InChI is InChI=1S/C23H25N7O/c1-16(26-22-7-9-24-21-8-10-25-30(21)22)19-15-18-5-3-4-6-20(18)27-23(19)29-13-11-28(12-14-29)17(2)31/h3-10,15-16,26H,11-14H2,1-2H3/t16-/m0/s1. The number of piperazine rings is 1. The molecule has 8 nitrogen and oxygen atoms in total. The molecule has 0 unspecified atom stereocenters. The molecule has 0 saturated carbocycles. The van der Waals surface area contributed by atoms with E-state index in [1.54, 1.807) is 23.8 Å². The highest BCUT2D eigenvalue weighted by Gasteiger charge is 2.24. The molecule has 1 aliphatic rings. The summed E-state index contributed by atoms with van der Waals surface area (Å²) in [4.78, 5) is 25.3. The van der Waals surface area contributed by atoms with Crippen LogP contribution >= 0.6 is 0 Å². The van der Waals surface area contributed by atoms with Gasteiger partial charge in [-0.2, -0.15) is 9.61 Å². The molecule has 0 aliphatic carbocycles. The molecule has 1 aromatic carbocycles. The van der Waals surface area contributed by atoms with Crippen LogP contribution in [0.1, 0.15) is 25.5 Å². The van der Waals surface area contributed by atoms with E-state index in [4.69, 9.17) is 4.98 Å². The van der Waals surface area contributed by atoms with Gasteiger partial charge in [0.05, 0.1) is 17.8 Å². The maximum absolute atomic E-state index is 11.7. The fourth-order valence-corrected chi connectivity index (χ4v) is 4.17. The summed E-state index contributed by atoms with van der Waals surface area (Å²) in [5, 5.41) is 9.08. The average Bonchev–Trinajstić information content (AvgIpc) is 3.28. The van der Waals surface area contributed by atoms with Gasteiger partial charge in [-0.1, -0.05) is 18.2 Å².